The van der Waals surface area contributed by atoms with Crippen molar-refractivity contribution in [2.75, 3.05) is 20.3 Å². The van der Waals surface area contributed by atoms with Crippen molar-refractivity contribution in [2.45, 2.75) is 18.9 Å². The molecule has 84 valence electrons. The van der Waals surface area contributed by atoms with Crippen LogP contribution in [0.4, 0.5) is 0 Å². The molecule has 5 nitrogen and oxygen atoms in total. The number of hydrogen-bond donors (Lipinski definition) is 1. The number of hydrogen-bond acceptors (Lipinski definition) is 4. The summed E-state index contributed by atoms with van der Waals surface area (Å²) >= 11 is 0. The quantitative estimate of drug-likeness (QED) is 0.759. The second-order valence-corrected chi connectivity index (χ2v) is 4.02. The van der Waals surface area contributed by atoms with Crippen LogP contribution in [0, 0.1) is 5.92 Å². The highest BCUT2D eigenvalue weighted by molar-refractivity contribution is 4.92. The minimum atomic E-state index is 0.440. The third-order valence-electron chi connectivity index (χ3n) is 3.11. The third-order valence-corrected chi connectivity index (χ3v) is 3.11. The van der Waals surface area contributed by atoms with Crippen molar-refractivity contribution in [3.63, 3.8) is 0 Å². The summed E-state index contributed by atoms with van der Waals surface area (Å²) in [5.41, 5.74) is 0. The monoisotopic (exact) mass is 210 g/mol. The number of likely N-dealkylation sites (N-methyl/N-ethyl adjacent to an activating group) is 1. The average Bonchev–Trinajstić information content (AvgIpc) is 2.86. The summed E-state index contributed by atoms with van der Waals surface area (Å²) < 4.78 is 7.24. The number of aryl methyl sites for hydroxylation is 1. The Balaban J connectivity index is 1.98. The van der Waals surface area contributed by atoms with E-state index in [0.29, 0.717) is 12.0 Å². The van der Waals surface area contributed by atoms with Gasteiger partial charge in [-0.1, -0.05) is 0 Å². The third kappa shape index (κ3) is 2.35. The molecule has 0 bridgehead atoms. The van der Waals surface area contributed by atoms with Crippen molar-refractivity contribution in [1.29, 1.82) is 0 Å². The first kappa shape index (κ1) is 10.6. The summed E-state index contributed by atoms with van der Waals surface area (Å²) in [6.45, 7) is 1.75. The summed E-state index contributed by atoms with van der Waals surface area (Å²) in [5.74, 6) is 1.63. The van der Waals surface area contributed by atoms with E-state index in [1.807, 2.05) is 18.8 Å². The summed E-state index contributed by atoms with van der Waals surface area (Å²) in [7, 11) is 3.93. The summed E-state index contributed by atoms with van der Waals surface area (Å²) in [4.78, 5) is 4.25. The van der Waals surface area contributed by atoms with Gasteiger partial charge in [0.2, 0.25) is 0 Å². The molecule has 15 heavy (non-hydrogen) atoms. The smallest absolute Gasteiger partial charge is 0.138 e. The van der Waals surface area contributed by atoms with Gasteiger partial charge in [-0.05, 0) is 13.5 Å². The fourth-order valence-electron chi connectivity index (χ4n) is 2.08. The molecule has 2 heterocycles. The largest absolute Gasteiger partial charge is 0.381 e. The van der Waals surface area contributed by atoms with Gasteiger partial charge in [0.15, 0.2) is 0 Å². The Bertz CT molecular complexity index is 306. The van der Waals surface area contributed by atoms with Gasteiger partial charge in [0.25, 0.3) is 0 Å². The predicted octanol–water partition coefficient (Wildman–Crippen LogP) is -0.0179. The summed E-state index contributed by atoms with van der Waals surface area (Å²) in [6, 6.07) is 0.440. The van der Waals surface area contributed by atoms with Crippen molar-refractivity contribution < 1.29 is 4.74 Å². The van der Waals surface area contributed by atoms with Crippen LogP contribution in [0.1, 0.15) is 12.2 Å². The van der Waals surface area contributed by atoms with Gasteiger partial charge >= 0.3 is 0 Å². The first-order chi connectivity index (χ1) is 7.31. The first-order valence-electron chi connectivity index (χ1n) is 5.39. The van der Waals surface area contributed by atoms with Gasteiger partial charge in [0.05, 0.1) is 6.61 Å². The van der Waals surface area contributed by atoms with Gasteiger partial charge in [-0.15, -0.1) is 0 Å². The average molecular weight is 210 g/mol. The van der Waals surface area contributed by atoms with Crippen LogP contribution in [0.25, 0.3) is 0 Å². The highest BCUT2D eigenvalue weighted by atomic mass is 16.5. The molecule has 1 saturated heterocycles. The molecule has 2 unspecified atom stereocenters. The van der Waals surface area contributed by atoms with E-state index in [1.54, 1.807) is 6.33 Å². The number of ether oxygens (including phenoxy) is 1. The molecule has 1 aliphatic rings. The minimum absolute atomic E-state index is 0.440. The molecular formula is C10H18N4O. The summed E-state index contributed by atoms with van der Waals surface area (Å²) in [6.07, 6.45) is 3.66. The molecule has 0 amide bonds. The number of rotatable bonds is 4. The Hall–Kier alpha value is -0.940. The van der Waals surface area contributed by atoms with Crippen molar-refractivity contribution in [2.24, 2.45) is 13.0 Å². The van der Waals surface area contributed by atoms with E-state index in [2.05, 4.69) is 15.4 Å². The number of aromatic nitrogens is 3. The lowest BCUT2D eigenvalue weighted by Gasteiger charge is -2.21. The summed E-state index contributed by atoms with van der Waals surface area (Å²) in [5, 5.41) is 7.43. The normalized spacial score (nSPS) is 23.2. The lowest BCUT2D eigenvalue weighted by Crippen LogP contribution is -2.36. The molecule has 1 aliphatic heterocycles. The zero-order valence-electron chi connectivity index (χ0n) is 9.31. The fourth-order valence-corrected chi connectivity index (χ4v) is 2.08. The number of nitrogens with zero attached hydrogens (tertiary/aromatic N) is 3. The SMILES string of the molecule is CNC(Cc1ncnn1C)C1CCOC1. The molecule has 2 atom stereocenters. The maximum atomic E-state index is 5.41. The Kier molecular flexibility index (Phi) is 3.33. The lowest BCUT2D eigenvalue weighted by molar-refractivity contribution is 0.177. The predicted molar refractivity (Wildman–Crippen MR) is 56.5 cm³/mol. The van der Waals surface area contributed by atoms with E-state index in [4.69, 9.17) is 4.74 Å². The topological polar surface area (TPSA) is 52.0 Å². The van der Waals surface area contributed by atoms with E-state index < -0.39 is 0 Å². The molecule has 1 N–H and O–H groups in total. The van der Waals surface area contributed by atoms with Crippen LogP contribution < -0.4 is 5.32 Å². The van der Waals surface area contributed by atoms with Crippen LogP contribution in [0.15, 0.2) is 6.33 Å². The molecule has 0 aliphatic carbocycles. The van der Waals surface area contributed by atoms with Crippen molar-refractivity contribution in [3.05, 3.63) is 12.2 Å². The van der Waals surface area contributed by atoms with Crippen LogP contribution in [0.5, 0.6) is 0 Å². The molecule has 1 fully saturated rings. The van der Waals surface area contributed by atoms with Gasteiger partial charge < -0.3 is 10.1 Å². The molecule has 0 aromatic carbocycles. The minimum Gasteiger partial charge on any atom is -0.381 e. The van der Waals surface area contributed by atoms with Gasteiger partial charge in [-0.3, -0.25) is 4.68 Å². The van der Waals surface area contributed by atoms with Crippen LogP contribution in [-0.4, -0.2) is 41.1 Å². The van der Waals surface area contributed by atoms with E-state index in [9.17, 15) is 0 Å². The molecular weight excluding hydrogens is 192 g/mol. The van der Waals surface area contributed by atoms with Crippen LogP contribution in [-0.2, 0) is 18.2 Å². The standard InChI is InChI=1S/C10H18N4O/c1-11-9(8-3-4-15-6-8)5-10-12-7-13-14(10)2/h7-9,11H,3-6H2,1-2H3. The molecule has 0 radical (unpaired) electrons. The zero-order valence-corrected chi connectivity index (χ0v) is 9.31. The lowest BCUT2D eigenvalue weighted by atomic mass is 9.96. The highest BCUT2D eigenvalue weighted by Crippen LogP contribution is 2.18. The Morgan fingerprint density at radius 3 is 3.13 bits per heavy atom. The van der Waals surface area contributed by atoms with Gasteiger partial charge in [-0.2, -0.15) is 5.10 Å². The van der Waals surface area contributed by atoms with Crippen molar-refractivity contribution >= 4 is 0 Å². The van der Waals surface area contributed by atoms with E-state index >= 15 is 0 Å². The number of nitrogens with one attached hydrogen (secondary N) is 1. The zero-order chi connectivity index (χ0) is 10.7. The van der Waals surface area contributed by atoms with Gasteiger partial charge in [0.1, 0.15) is 12.2 Å². The van der Waals surface area contributed by atoms with Gasteiger partial charge in [0, 0.05) is 32.0 Å². The van der Waals surface area contributed by atoms with E-state index in [-0.39, 0.29) is 0 Å². The molecule has 1 aromatic rings. The van der Waals surface area contributed by atoms with E-state index in [1.165, 1.54) is 0 Å². The first-order valence-corrected chi connectivity index (χ1v) is 5.39. The van der Waals surface area contributed by atoms with Gasteiger partial charge in [-0.25, -0.2) is 4.98 Å². The maximum absolute atomic E-state index is 5.41. The second-order valence-electron chi connectivity index (χ2n) is 4.02. The Morgan fingerprint density at radius 1 is 1.73 bits per heavy atom. The Labute approximate surface area is 89.8 Å². The molecule has 5 heteroatoms. The van der Waals surface area contributed by atoms with Crippen molar-refractivity contribution in [1.82, 2.24) is 20.1 Å². The molecule has 1 aromatic heterocycles. The molecule has 0 spiro atoms. The van der Waals surface area contributed by atoms with Crippen molar-refractivity contribution in [3.8, 4) is 0 Å². The molecule has 0 saturated carbocycles. The fraction of sp³-hybridized carbons (Fsp3) is 0.800. The highest BCUT2D eigenvalue weighted by Gasteiger charge is 2.25. The van der Waals surface area contributed by atoms with Crippen LogP contribution >= 0.6 is 0 Å². The maximum Gasteiger partial charge on any atom is 0.138 e. The van der Waals surface area contributed by atoms with E-state index in [0.717, 1.165) is 31.9 Å². The molecule has 2 rings (SSSR count). The van der Waals surface area contributed by atoms with Crippen LogP contribution in [0.2, 0.25) is 0 Å². The second kappa shape index (κ2) is 4.72. The Morgan fingerprint density at radius 2 is 2.60 bits per heavy atom. The van der Waals surface area contributed by atoms with Crippen LogP contribution in [0.3, 0.4) is 0 Å².